The maximum atomic E-state index is 12.3. The van der Waals surface area contributed by atoms with Gasteiger partial charge in [-0.1, -0.05) is 39.7 Å². The van der Waals surface area contributed by atoms with Crippen molar-refractivity contribution in [2.45, 2.75) is 13.5 Å². The van der Waals surface area contributed by atoms with E-state index in [-0.39, 0.29) is 18.1 Å². The first-order valence-electron chi connectivity index (χ1n) is 8.41. The predicted molar refractivity (Wildman–Crippen MR) is 116 cm³/mol. The number of hydrogen-bond donors (Lipinski definition) is 0. The van der Waals surface area contributed by atoms with E-state index in [2.05, 4.69) is 20.9 Å². The highest BCUT2D eigenvalue weighted by molar-refractivity contribution is 9.10. The van der Waals surface area contributed by atoms with E-state index in [1.807, 2.05) is 12.1 Å². The van der Waals surface area contributed by atoms with Crippen molar-refractivity contribution in [2.24, 2.45) is 0 Å². The Morgan fingerprint density at radius 2 is 2.00 bits per heavy atom. The molecule has 0 unspecified atom stereocenters. The molecule has 0 bridgehead atoms. The quantitative estimate of drug-likeness (QED) is 0.416. The minimum absolute atomic E-state index is 0.0458. The number of amides is 1. The van der Waals surface area contributed by atoms with Crippen LogP contribution in [0.25, 0.3) is 0 Å². The van der Waals surface area contributed by atoms with Crippen molar-refractivity contribution in [3.63, 3.8) is 0 Å². The lowest BCUT2D eigenvalue weighted by Gasteiger charge is -2.20. The summed E-state index contributed by atoms with van der Waals surface area (Å²) in [5.41, 5.74) is 1.36. The third kappa shape index (κ3) is 4.95. The molecule has 0 aliphatic rings. The van der Waals surface area contributed by atoms with Crippen LogP contribution in [0.5, 0.6) is 5.75 Å². The van der Waals surface area contributed by atoms with Crippen LogP contribution < -0.4 is 9.64 Å². The van der Waals surface area contributed by atoms with Crippen molar-refractivity contribution >= 4 is 61.6 Å². The van der Waals surface area contributed by atoms with Crippen LogP contribution in [0.3, 0.4) is 0 Å². The van der Waals surface area contributed by atoms with Gasteiger partial charge in [-0.3, -0.25) is 9.69 Å². The number of para-hydroxylation sites is 2. The van der Waals surface area contributed by atoms with Gasteiger partial charge in [-0.2, -0.15) is 0 Å². The Hall–Kier alpha value is -2.42. The molecule has 0 atom stereocenters. The van der Waals surface area contributed by atoms with Gasteiger partial charge in [0.2, 0.25) is 5.91 Å². The smallest absolute Gasteiger partial charge is 0.340 e. The lowest BCUT2D eigenvalue weighted by Crippen LogP contribution is -2.23. The molecular formula is C20H16BrClN2O4S. The summed E-state index contributed by atoms with van der Waals surface area (Å²) in [4.78, 5) is 30.5. The van der Waals surface area contributed by atoms with E-state index in [1.165, 1.54) is 30.3 Å². The van der Waals surface area contributed by atoms with Gasteiger partial charge in [0.05, 0.1) is 29.1 Å². The van der Waals surface area contributed by atoms with Gasteiger partial charge in [0, 0.05) is 16.8 Å². The molecule has 0 fully saturated rings. The first-order valence-corrected chi connectivity index (χ1v) is 10.5. The molecule has 0 aliphatic carbocycles. The minimum atomic E-state index is -0.556. The Balaban J connectivity index is 1.78. The Morgan fingerprint density at radius 3 is 2.72 bits per heavy atom. The number of nitrogens with zero attached hydrogens (tertiary/aromatic N) is 2. The number of methoxy groups -OCH3 is 1. The fourth-order valence-electron chi connectivity index (χ4n) is 2.56. The van der Waals surface area contributed by atoms with Crippen LogP contribution in [0.4, 0.5) is 10.8 Å². The highest BCUT2D eigenvalue weighted by Crippen LogP contribution is 2.35. The molecule has 6 nitrogen and oxygen atoms in total. The van der Waals surface area contributed by atoms with E-state index in [1.54, 1.807) is 35.7 Å². The summed E-state index contributed by atoms with van der Waals surface area (Å²) in [7, 11) is 1.54. The van der Waals surface area contributed by atoms with E-state index in [0.29, 0.717) is 27.3 Å². The molecule has 9 heteroatoms. The Morgan fingerprint density at radius 1 is 1.24 bits per heavy atom. The van der Waals surface area contributed by atoms with E-state index >= 15 is 0 Å². The summed E-state index contributed by atoms with van der Waals surface area (Å²) >= 11 is 10.6. The van der Waals surface area contributed by atoms with Gasteiger partial charge in [0.25, 0.3) is 0 Å². The van der Waals surface area contributed by atoms with Crippen LogP contribution in [-0.2, 0) is 16.1 Å². The lowest BCUT2D eigenvalue weighted by atomic mass is 10.2. The summed E-state index contributed by atoms with van der Waals surface area (Å²) in [6.07, 6.45) is 0. The zero-order chi connectivity index (χ0) is 21.0. The molecule has 1 amide bonds. The van der Waals surface area contributed by atoms with Crippen molar-refractivity contribution in [1.82, 2.24) is 4.98 Å². The van der Waals surface area contributed by atoms with Gasteiger partial charge in [0.1, 0.15) is 12.4 Å². The first-order chi connectivity index (χ1) is 13.9. The molecule has 0 saturated heterocycles. The van der Waals surface area contributed by atoms with E-state index in [4.69, 9.17) is 21.1 Å². The Kier molecular flexibility index (Phi) is 6.89. The lowest BCUT2D eigenvalue weighted by molar-refractivity contribution is -0.115. The average Bonchev–Trinajstić information content (AvgIpc) is 3.16. The van der Waals surface area contributed by atoms with Gasteiger partial charge < -0.3 is 9.47 Å². The number of rotatable bonds is 6. The summed E-state index contributed by atoms with van der Waals surface area (Å²) in [6.45, 7) is 1.40. The van der Waals surface area contributed by atoms with Crippen LogP contribution in [0.15, 0.2) is 52.3 Å². The number of carbonyl (C=O) groups is 2. The summed E-state index contributed by atoms with van der Waals surface area (Å²) in [6, 6.07) is 12.1. The molecule has 3 rings (SSSR count). The minimum Gasteiger partial charge on any atom is -0.495 e. The summed E-state index contributed by atoms with van der Waals surface area (Å²) in [5.74, 6) is -0.220. The molecule has 1 aromatic heterocycles. The van der Waals surface area contributed by atoms with Gasteiger partial charge in [-0.05, 0) is 30.3 Å². The number of aromatic nitrogens is 1. The van der Waals surface area contributed by atoms with Crippen LogP contribution in [0.2, 0.25) is 5.02 Å². The fourth-order valence-corrected chi connectivity index (χ4v) is 3.98. The number of hydrogen-bond acceptors (Lipinski definition) is 6. The molecule has 0 saturated carbocycles. The maximum Gasteiger partial charge on any atom is 0.340 e. The third-order valence-electron chi connectivity index (χ3n) is 3.87. The van der Waals surface area contributed by atoms with Gasteiger partial charge in [-0.25, -0.2) is 9.78 Å². The number of anilines is 2. The van der Waals surface area contributed by atoms with E-state index in [9.17, 15) is 9.59 Å². The fraction of sp³-hybridized carbons (Fsp3) is 0.150. The number of benzene rings is 2. The largest absolute Gasteiger partial charge is 0.495 e. The molecule has 1 heterocycles. The monoisotopic (exact) mass is 494 g/mol. The standard InChI is InChI=1S/C20H16BrClN2O4S/c1-12(25)24(17-5-3-4-6-18(17)27-2)20-23-14(11-29-20)10-28-19(26)15-9-13(21)7-8-16(15)22/h3-9,11H,10H2,1-2H3. The normalized spacial score (nSPS) is 10.5. The van der Waals surface area contributed by atoms with Crippen molar-refractivity contribution < 1.29 is 19.1 Å². The van der Waals surface area contributed by atoms with Gasteiger partial charge in [0.15, 0.2) is 5.13 Å². The zero-order valence-electron chi connectivity index (χ0n) is 15.5. The number of ether oxygens (including phenoxy) is 2. The average molecular weight is 496 g/mol. The van der Waals surface area contributed by atoms with Gasteiger partial charge in [-0.15, -0.1) is 11.3 Å². The topological polar surface area (TPSA) is 68.7 Å². The third-order valence-corrected chi connectivity index (χ3v) is 5.57. The maximum absolute atomic E-state index is 12.3. The van der Waals surface area contributed by atoms with E-state index in [0.717, 1.165) is 4.47 Å². The number of halogens is 2. The Labute approximate surface area is 185 Å². The molecule has 0 aliphatic heterocycles. The highest BCUT2D eigenvalue weighted by Gasteiger charge is 2.21. The number of esters is 1. The van der Waals surface area contributed by atoms with Crippen molar-refractivity contribution in [2.75, 3.05) is 12.0 Å². The Bertz CT molecular complexity index is 1060. The first kappa shape index (κ1) is 21.3. The molecule has 2 aromatic carbocycles. The van der Waals surface area contributed by atoms with Crippen molar-refractivity contribution in [3.05, 3.63) is 68.6 Å². The molecule has 0 N–H and O–H groups in total. The van der Waals surface area contributed by atoms with Crippen LogP contribution in [0, 0.1) is 0 Å². The molecule has 0 radical (unpaired) electrons. The predicted octanol–water partition coefficient (Wildman–Crippen LogP) is 5.61. The zero-order valence-corrected chi connectivity index (χ0v) is 18.7. The highest BCUT2D eigenvalue weighted by atomic mass is 79.9. The second kappa shape index (κ2) is 9.39. The van der Waals surface area contributed by atoms with Crippen molar-refractivity contribution in [3.8, 4) is 5.75 Å². The molecule has 3 aromatic rings. The van der Waals surface area contributed by atoms with Crippen LogP contribution in [-0.4, -0.2) is 24.0 Å². The molecule has 29 heavy (non-hydrogen) atoms. The van der Waals surface area contributed by atoms with Crippen LogP contribution >= 0.6 is 38.9 Å². The molecule has 0 spiro atoms. The van der Waals surface area contributed by atoms with Crippen molar-refractivity contribution in [1.29, 1.82) is 0 Å². The number of carbonyl (C=O) groups excluding carboxylic acids is 2. The summed E-state index contributed by atoms with van der Waals surface area (Å²) in [5, 5.41) is 2.49. The SMILES string of the molecule is COc1ccccc1N(C(C)=O)c1nc(COC(=O)c2cc(Br)ccc2Cl)cs1. The summed E-state index contributed by atoms with van der Waals surface area (Å²) < 4.78 is 11.4. The second-order valence-corrected chi connectivity index (χ2v) is 8.01. The number of thiazole rings is 1. The van der Waals surface area contributed by atoms with Crippen LogP contribution in [0.1, 0.15) is 23.0 Å². The van der Waals surface area contributed by atoms with E-state index < -0.39 is 5.97 Å². The second-order valence-electron chi connectivity index (χ2n) is 5.85. The molecular weight excluding hydrogens is 480 g/mol. The van der Waals surface area contributed by atoms with Gasteiger partial charge >= 0.3 is 5.97 Å². The molecule has 150 valence electrons.